The van der Waals surface area contributed by atoms with E-state index in [2.05, 4.69) is 10.4 Å². The van der Waals surface area contributed by atoms with Gasteiger partial charge in [0.1, 0.15) is 6.54 Å². The summed E-state index contributed by atoms with van der Waals surface area (Å²) in [6.45, 7) is 5.86. The van der Waals surface area contributed by atoms with Crippen molar-refractivity contribution in [1.82, 2.24) is 24.9 Å². The Bertz CT molecular complexity index is 499. The molecule has 1 saturated heterocycles. The molecule has 1 atom stereocenters. The van der Waals surface area contributed by atoms with Crippen LogP contribution < -0.4 is 5.32 Å². The summed E-state index contributed by atoms with van der Waals surface area (Å²) in [5, 5.41) is 7.05. The van der Waals surface area contributed by atoms with Crippen LogP contribution in [0.1, 0.15) is 18.5 Å². The Kier molecular flexibility index (Phi) is 4.26. The van der Waals surface area contributed by atoms with Crippen molar-refractivity contribution in [3.05, 3.63) is 18.0 Å². The average Bonchev–Trinajstić information content (AvgIpc) is 2.97. The molecule has 1 fully saturated rings. The minimum absolute atomic E-state index is 0.0871. The highest BCUT2D eigenvalue weighted by Gasteiger charge is 2.26. The third-order valence-electron chi connectivity index (χ3n) is 3.41. The number of likely N-dealkylation sites (N-methyl/N-ethyl adjacent to an activating group) is 1. The van der Waals surface area contributed by atoms with Crippen LogP contribution in [-0.2, 0) is 4.79 Å². The first-order valence-corrected chi connectivity index (χ1v) is 6.75. The van der Waals surface area contributed by atoms with E-state index in [0.717, 1.165) is 5.56 Å². The number of nitrogens with zero attached hydrogens (tertiary/aromatic N) is 4. The molecule has 0 spiro atoms. The fourth-order valence-electron chi connectivity index (χ4n) is 2.11. The summed E-state index contributed by atoms with van der Waals surface area (Å²) in [4.78, 5) is 26.7. The van der Waals surface area contributed by atoms with E-state index < -0.39 is 0 Å². The Morgan fingerprint density at radius 3 is 2.80 bits per heavy atom. The van der Waals surface area contributed by atoms with Gasteiger partial charge < -0.3 is 15.1 Å². The van der Waals surface area contributed by atoms with Gasteiger partial charge in [-0.1, -0.05) is 0 Å². The standard InChI is InChI=1S/C13H21N5O2/c1-10-6-15-18(8-10)11(2)7-14-12(19)9-17-5-4-16(3)13(17)20/h6,8,11H,4-5,7,9H2,1-3H3,(H,14,19). The maximum Gasteiger partial charge on any atom is 0.320 e. The second-order valence-corrected chi connectivity index (χ2v) is 5.28. The van der Waals surface area contributed by atoms with Crippen LogP contribution in [0, 0.1) is 6.92 Å². The number of carbonyl (C=O) groups is 2. The highest BCUT2D eigenvalue weighted by molar-refractivity contribution is 5.84. The van der Waals surface area contributed by atoms with E-state index in [4.69, 9.17) is 0 Å². The van der Waals surface area contributed by atoms with Gasteiger partial charge in [-0.25, -0.2) is 4.79 Å². The van der Waals surface area contributed by atoms with Gasteiger partial charge in [-0.05, 0) is 19.4 Å². The van der Waals surface area contributed by atoms with Crippen LogP contribution in [0.25, 0.3) is 0 Å². The number of nitrogens with one attached hydrogen (secondary N) is 1. The summed E-state index contributed by atoms with van der Waals surface area (Å²) >= 11 is 0. The maximum absolute atomic E-state index is 11.8. The summed E-state index contributed by atoms with van der Waals surface area (Å²) < 4.78 is 1.82. The summed E-state index contributed by atoms with van der Waals surface area (Å²) in [7, 11) is 1.74. The Morgan fingerprint density at radius 1 is 1.50 bits per heavy atom. The zero-order chi connectivity index (χ0) is 14.7. The van der Waals surface area contributed by atoms with Gasteiger partial charge in [0, 0.05) is 32.9 Å². The molecule has 20 heavy (non-hydrogen) atoms. The van der Waals surface area contributed by atoms with Crippen LogP contribution in [0.5, 0.6) is 0 Å². The first kappa shape index (κ1) is 14.4. The average molecular weight is 279 g/mol. The molecular formula is C13H21N5O2. The van der Waals surface area contributed by atoms with Gasteiger partial charge in [0.05, 0.1) is 12.2 Å². The molecule has 1 aromatic rings. The normalized spacial score (nSPS) is 16.6. The van der Waals surface area contributed by atoms with E-state index in [1.165, 1.54) is 0 Å². The van der Waals surface area contributed by atoms with E-state index in [1.54, 1.807) is 23.0 Å². The lowest BCUT2D eigenvalue weighted by Gasteiger charge is -2.17. The number of rotatable bonds is 5. The Morgan fingerprint density at radius 2 is 2.25 bits per heavy atom. The predicted octanol–water partition coefficient (Wildman–Crippen LogP) is 0.236. The number of aromatic nitrogens is 2. The molecule has 7 heteroatoms. The quantitative estimate of drug-likeness (QED) is 0.839. The molecule has 1 aliphatic rings. The second kappa shape index (κ2) is 5.94. The number of hydrogen-bond acceptors (Lipinski definition) is 3. The van der Waals surface area contributed by atoms with Crippen molar-refractivity contribution >= 4 is 11.9 Å². The minimum atomic E-state index is -0.135. The zero-order valence-electron chi connectivity index (χ0n) is 12.2. The van der Waals surface area contributed by atoms with E-state index in [1.807, 2.05) is 24.7 Å². The molecule has 1 N–H and O–H groups in total. The first-order valence-electron chi connectivity index (χ1n) is 6.75. The molecule has 7 nitrogen and oxygen atoms in total. The van der Waals surface area contributed by atoms with Crippen molar-refractivity contribution in [2.24, 2.45) is 0 Å². The zero-order valence-corrected chi connectivity index (χ0v) is 12.2. The monoisotopic (exact) mass is 279 g/mol. The van der Waals surface area contributed by atoms with E-state index in [9.17, 15) is 9.59 Å². The summed E-state index contributed by atoms with van der Waals surface area (Å²) in [6.07, 6.45) is 3.73. The molecule has 3 amide bonds. The predicted molar refractivity (Wildman–Crippen MR) is 74.3 cm³/mol. The van der Waals surface area contributed by atoms with Gasteiger partial charge in [0.15, 0.2) is 0 Å². The van der Waals surface area contributed by atoms with Crippen molar-refractivity contribution in [2.75, 3.05) is 33.2 Å². The third kappa shape index (κ3) is 3.28. The smallest absolute Gasteiger partial charge is 0.320 e. The van der Waals surface area contributed by atoms with Crippen molar-refractivity contribution in [3.8, 4) is 0 Å². The summed E-state index contributed by atoms with van der Waals surface area (Å²) in [5.74, 6) is -0.135. The highest BCUT2D eigenvalue weighted by Crippen LogP contribution is 2.06. The van der Waals surface area contributed by atoms with Gasteiger partial charge in [-0.3, -0.25) is 9.48 Å². The molecule has 0 aliphatic carbocycles. The number of urea groups is 1. The van der Waals surface area contributed by atoms with Crippen molar-refractivity contribution in [3.63, 3.8) is 0 Å². The second-order valence-electron chi connectivity index (χ2n) is 5.28. The lowest BCUT2D eigenvalue weighted by molar-refractivity contribution is -0.121. The molecule has 2 heterocycles. The van der Waals surface area contributed by atoms with Crippen LogP contribution in [0.4, 0.5) is 4.79 Å². The van der Waals surface area contributed by atoms with Gasteiger partial charge in [0.2, 0.25) is 5.91 Å². The SMILES string of the molecule is Cc1cnn(C(C)CNC(=O)CN2CCN(C)C2=O)c1. The van der Waals surface area contributed by atoms with Gasteiger partial charge >= 0.3 is 6.03 Å². The third-order valence-corrected chi connectivity index (χ3v) is 3.41. The van der Waals surface area contributed by atoms with E-state index in [-0.39, 0.29) is 24.5 Å². The van der Waals surface area contributed by atoms with Crippen LogP contribution >= 0.6 is 0 Å². The van der Waals surface area contributed by atoms with Crippen LogP contribution in [0.15, 0.2) is 12.4 Å². The molecule has 0 aromatic carbocycles. The Labute approximate surface area is 118 Å². The molecule has 0 bridgehead atoms. The van der Waals surface area contributed by atoms with Crippen LogP contribution in [0.3, 0.4) is 0 Å². The van der Waals surface area contributed by atoms with Crippen molar-refractivity contribution in [1.29, 1.82) is 0 Å². The maximum atomic E-state index is 11.8. The summed E-state index contributed by atoms with van der Waals surface area (Å²) in [5.41, 5.74) is 1.09. The molecule has 2 rings (SSSR count). The highest BCUT2D eigenvalue weighted by atomic mass is 16.2. The number of aryl methyl sites for hydroxylation is 1. The van der Waals surface area contributed by atoms with E-state index >= 15 is 0 Å². The van der Waals surface area contributed by atoms with Gasteiger partial charge in [-0.2, -0.15) is 5.10 Å². The Balaban J connectivity index is 1.76. The molecule has 1 aromatic heterocycles. The van der Waals surface area contributed by atoms with Crippen LogP contribution in [0.2, 0.25) is 0 Å². The number of hydrogen-bond donors (Lipinski definition) is 1. The molecule has 1 aliphatic heterocycles. The lowest BCUT2D eigenvalue weighted by Crippen LogP contribution is -2.40. The first-order chi connectivity index (χ1) is 9.47. The lowest BCUT2D eigenvalue weighted by atomic mass is 10.3. The minimum Gasteiger partial charge on any atom is -0.352 e. The topological polar surface area (TPSA) is 70.5 Å². The number of amides is 3. The molecule has 0 saturated carbocycles. The largest absolute Gasteiger partial charge is 0.352 e. The molecule has 110 valence electrons. The fourth-order valence-corrected chi connectivity index (χ4v) is 2.11. The Hall–Kier alpha value is -2.05. The van der Waals surface area contributed by atoms with Gasteiger partial charge in [-0.15, -0.1) is 0 Å². The van der Waals surface area contributed by atoms with Gasteiger partial charge in [0.25, 0.3) is 0 Å². The van der Waals surface area contributed by atoms with E-state index in [0.29, 0.717) is 19.6 Å². The van der Waals surface area contributed by atoms with Crippen molar-refractivity contribution in [2.45, 2.75) is 19.9 Å². The molecular weight excluding hydrogens is 258 g/mol. The molecule has 1 unspecified atom stereocenters. The van der Waals surface area contributed by atoms with Crippen molar-refractivity contribution < 1.29 is 9.59 Å². The molecule has 0 radical (unpaired) electrons. The van der Waals surface area contributed by atoms with Crippen LogP contribution in [-0.4, -0.2) is 64.7 Å². The fraction of sp³-hybridized carbons (Fsp3) is 0.615. The number of carbonyl (C=O) groups excluding carboxylic acids is 2. The summed E-state index contributed by atoms with van der Waals surface area (Å²) in [6, 6.07) is 0.000465.